The molecule has 0 aromatic heterocycles. The highest BCUT2D eigenvalue weighted by Gasteiger charge is 2.24. The number of hydrogen-bond acceptors (Lipinski definition) is 3. The van der Waals surface area contributed by atoms with E-state index in [1.165, 1.54) is 18.4 Å². The van der Waals surface area contributed by atoms with E-state index in [1.54, 1.807) is 0 Å². The number of carbonyl (C=O) groups excluding carboxylic acids is 1. The van der Waals surface area contributed by atoms with Gasteiger partial charge in [-0.1, -0.05) is 25.1 Å². The Morgan fingerprint density at radius 2 is 1.91 bits per heavy atom. The molecule has 0 radical (unpaired) electrons. The molecule has 1 aromatic carbocycles. The summed E-state index contributed by atoms with van der Waals surface area (Å²) in [5.41, 5.74) is 1.57. The summed E-state index contributed by atoms with van der Waals surface area (Å²) in [6.45, 7) is 10.0. The van der Waals surface area contributed by atoms with Crippen LogP contribution in [0.5, 0.6) is 0 Å². The molecule has 1 fully saturated rings. The Kier molecular flexibility index (Phi) is 5.46. The molecule has 4 nitrogen and oxygen atoms in total. The van der Waals surface area contributed by atoms with Crippen molar-refractivity contribution in [2.24, 2.45) is 5.92 Å². The number of rotatable bonds is 3. The van der Waals surface area contributed by atoms with Gasteiger partial charge in [0.25, 0.3) is 0 Å². The molecule has 1 unspecified atom stereocenters. The maximum absolute atomic E-state index is 12.0. The zero-order valence-corrected chi connectivity index (χ0v) is 14.1. The number of ether oxygens (including phenoxy) is 1. The first-order valence-corrected chi connectivity index (χ1v) is 8.16. The molecule has 22 heavy (non-hydrogen) atoms. The number of anilines is 1. The minimum atomic E-state index is -0.486. The third-order valence-electron chi connectivity index (χ3n) is 4.18. The average Bonchev–Trinajstić information content (AvgIpc) is 2.46. The smallest absolute Gasteiger partial charge is 0.412 e. The number of benzene rings is 1. The van der Waals surface area contributed by atoms with Crippen LogP contribution in [0, 0.1) is 5.92 Å². The van der Waals surface area contributed by atoms with E-state index in [-0.39, 0.29) is 0 Å². The molecule has 0 bridgehead atoms. The van der Waals surface area contributed by atoms with E-state index < -0.39 is 11.7 Å². The highest BCUT2D eigenvalue weighted by Crippen LogP contribution is 2.34. The lowest BCUT2D eigenvalue weighted by Gasteiger charge is -2.30. The van der Waals surface area contributed by atoms with Gasteiger partial charge in [-0.3, -0.25) is 5.32 Å². The van der Waals surface area contributed by atoms with Crippen LogP contribution in [0.4, 0.5) is 10.5 Å². The van der Waals surface area contributed by atoms with Crippen molar-refractivity contribution in [3.63, 3.8) is 0 Å². The molecule has 1 heterocycles. The van der Waals surface area contributed by atoms with E-state index in [0.717, 1.165) is 18.8 Å². The van der Waals surface area contributed by atoms with Crippen LogP contribution in [0.2, 0.25) is 0 Å². The van der Waals surface area contributed by atoms with Crippen molar-refractivity contribution < 1.29 is 9.53 Å². The molecule has 1 aliphatic rings. The Morgan fingerprint density at radius 3 is 2.55 bits per heavy atom. The molecule has 122 valence electrons. The maximum atomic E-state index is 12.0. The second-order valence-corrected chi connectivity index (χ2v) is 7.09. The predicted molar refractivity (Wildman–Crippen MR) is 90.3 cm³/mol. The Morgan fingerprint density at radius 1 is 1.27 bits per heavy atom. The zero-order chi connectivity index (χ0) is 16.2. The van der Waals surface area contributed by atoms with Crippen molar-refractivity contribution in [1.82, 2.24) is 5.32 Å². The molecule has 1 aromatic rings. The van der Waals surface area contributed by atoms with Crippen molar-refractivity contribution in [3.8, 4) is 0 Å². The van der Waals surface area contributed by atoms with E-state index in [9.17, 15) is 4.79 Å². The summed E-state index contributed by atoms with van der Waals surface area (Å²) in [6, 6.07) is 8.05. The summed E-state index contributed by atoms with van der Waals surface area (Å²) in [7, 11) is 0. The lowest BCUT2D eigenvalue weighted by molar-refractivity contribution is 0.0635. The topological polar surface area (TPSA) is 50.4 Å². The van der Waals surface area contributed by atoms with Crippen LogP contribution in [-0.4, -0.2) is 24.8 Å². The highest BCUT2D eigenvalue weighted by atomic mass is 16.6. The Balaban J connectivity index is 2.10. The second-order valence-electron chi connectivity index (χ2n) is 7.09. The molecule has 2 N–H and O–H groups in total. The highest BCUT2D eigenvalue weighted by molar-refractivity contribution is 5.86. The monoisotopic (exact) mass is 304 g/mol. The van der Waals surface area contributed by atoms with Crippen LogP contribution in [0.25, 0.3) is 0 Å². The number of carbonyl (C=O) groups is 1. The molecule has 4 heteroatoms. The molecule has 1 saturated heterocycles. The Hall–Kier alpha value is -1.55. The fraction of sp³-hybridized carbons (Fsp3) is 0.611. The minimum Gasteiger partial charge on any atom is -0.444 e. The Bertz CT molecular complexity index is 502. The van der Waals surface area contributed by atoms with Crippen LogP contribution in [0.15, 0.2) is 24.3 Å². The fourth-order valence-corrected chi connectivity index (χ4v) is 3.02. The van der Waals surface area contributed by atoms with Gasteiger partial charge in [0.05, 0.1) is 0 Å². The SMILES string of the molecule is CC(c1ccccc1NC(=O)OC(C)(C)C)C1CCNCC1. The molecule has 1 aliphatic heterocycles. The standard InChI is InChI=1S/C18H28N2O2/c1-13(14-9-11-19-12-10-14)15-7-5-6-8-16(15)20-17(21)22-18(2,3)4/h5-8,13-14,19H,9-12H2,1-4H3,(H,20,21). The third-order valence-corrected chi connectivity index (χ3v) is 4.18. The van der Waals surface area contributed by atoms with E-state index in [0.29, 0.717) is 11.8 Å². The largest absolute Gasteiger partial charge is 0.444 e. The molecule has 0 aliphatic carbocycles. The average molecular weight is 304 g/mol. The van der Waals surface area contributed by atoms with Gasteiger partial charge in [0, 0.05) is 5.69 Å². The number of para-hydroxylation sites is 1. The number of piperidine rings is 1. The second kappa shape index (κ2) is 7.14. The van der Waals surface area contributed by atoms with Gasteiger partial charge >= 0.3 is 6.09 Å². The van der Waals surface area contributed by atoms with Crippen LogP contribution in [0.3, 0.4) is 0 Å². The van der Waals surface area contributed by atoms with Gasteiger partial charge in [-0.25, -0.2) is 4.79 Å². The zero-order valence-electron chi connectivity index (χ0n) is 14.1. The quantitative estimate of drug-likeness (QED) is 0.882. The Labute approximate surface area is 133 Å². The van der Waals surface area contributed by atoms with Crippen molar-refractivity contribution in [3.05, 3.63) is 29.8 Å². The van der Waals surface area contributed by atoms with Crippen molar-refractivity contribution in [2.75, 3.05) is 18.4 Å². The minimum absolute atomic E-state index is 0.391. The van der Waals surface area contributed by atoms with E-state index >= 15 is 0 Å². The van der Waals surface area contributed by atoms with Gasteiger partial charge in [0.15, 0.2) is 0 Å². The van der Waals surface area contributed by atoms with Gasteiger partial charge in [-0.05, 0) is 70.2 Å². The van der Waals surface area contributed by atoms with Gasteiger partial charge in [-0.15, -0.1) is 0 Å². The number of hydrogen-bond donors (Lipinski definition) is 2. The van der Waals surface area contributed by atoms with Crippen molar-refractivity contribution in [2.45, 2.75) is 52.1 Å². The molecular formula is C18H28N2O2. The first-order valence-electron chi connectivity index (χ1n) is 8.16. The van der Waals surface area contributed by atoms with Crippen LogP contribution in [-0.2, 0) is 4.74 Å². The first kappa shape index (κ1) is 16.8. The predicted octanol–water partition coefficient (Wildman–Crippen LogP) is 4.14. The fourth-order valence-electron chi connectivity index (χ4n) is 3.02. The number of amides is 1. The van der Waals surface area contributed by atoms with Crippen molar-refractivity contribution in [1.29, 1.82) is 0 Å². The van der Waals surface area contributed by atoms with Gasteiger partial charge in [-0.2, -0.15) is 0 Å². The van der Waals surface area contributed by atoms with E-state index in [4.69, 9.17) is 4.74 Å². The van der Waals surface area contributed by atoms with Crippen molar-refractivity contribution >= 4 is 11.8 Å². The van der Waals surface area contributed by atoms with Gasteiger partial charge in [0.1, 0.15) is 5.60 Å². The normalized spacial score (nSPS) is 17.8. The summed E-state index contributed by atoms with van der Waals surface area (Å²) in [6.07, 6.45) is 1.97. The van der Waals surface area contributed by atoms with E-state index in [2.05, 4.69) is 23.6 Å². The number of nitrogens with one attached hydrogen (secondary N) is 2. The van der Waals surface area contributed by atoms with Crippen LogP contribution >= 0.6 is 0 Å². The summed E-state index contributed by atoms with van der Waals surface area (Å²) < 4.78 is 5.36. The molecule has 1 atom stereocenters. The third kappa shape index (κ3) is 4.73. The summed E-state index contributed by atoms with van der Waals surface area (Å²) in [5, 5.41) is 6.31. The van der Waals surface area contributed by atoms with Crippen LogP contribution in [0.1, 0.15) is 52.0 Å². The molecule has 0 spiro atoms. The summed E-state index contributed by atoms with van der Waals surface area (Å²) in [4.78, 5) is 12.0. The molecule has 1 amide bonds. The molecular weight excluding hydrogens is 276 g/mol. The molecule has 2 rings (SSSR count). The first-order chi connectivity index (χ1) is 10.4. The lowest BCUT2D eigenvalue weighted by Crippen LogP contribution is -2.31. The molecule has 0 saturated carbocycles. The van der Waals surface area contributed by atoms with Crippen LogP contribution < -0.4 is 10.6 Å². The van der Waals surface area contributed by atoms with E-state index in [1.807, 2.05) is 39.0 Å². The summed E-state index contributed by atoms with van der Waals surface area (Å²) >= 11 is 0. The van der Waals surface area contributed by atoms with Gasteiger partial charge < -0.3 is 10.1 Å². The van der Waals surface area contributed by atoms with Gasteiger partial charge in [0.2, 0.25) is 0 Å². The summed E-state index contributed by atoms with van der Waals surface area (Å²) in [5.74, 6) is 1.08. The lowest BCUT2D eigenvalue weighted by atomic mass is 9.81. The maximum Gasteiger partial charge on any atom is 0.412 e.